The van der Waals surface area contributed by atoms with Crippen molar-refractivity contribution >= 4 is 17.3 Å². The lowest BCUT2D eigenvalue weighted by molar-refractivity contribution is -0.131. The molecule has 0 N–H and O–H groups in total. The number of rotatable bonds is 6. The fourth-order valence-electron chi connectivity index (χ4n) is 3.68. The molecule has 1 heterocycles. The highest BCUT2D eigenvalue weighted by Gasteiger charge is 2.33. The summed E-state index contributed by atoms with van der Waals surface area (Å²) >= 11 is 0. The number of hydrazone groups is 1. The van der Waals surface area contributed by atoms with E-state index in [1.54, 1.807) is 12.1 Å². The molecular weight excluding hydrogens is 374 g/mol. The van der Waals surface area contributed by atoms with E-state index in [2.05, 4.69) is 12.1 Å². The Morgan fingerprint density at radius 1 is 1.00 bits per heavy atom. The Kier molecular flexibility index (Phi) is 5.80. The van der Waals surface area contributed by atoms with Gasteiger partial charge in [0.1, 0.15) is 5.75 Å². The third kappa shape index (κ3) is 4.20. The number of amides is 1. The van der Waals surface area contributed by atoms with Crippen LogP contribution in [0.3, 0.4) is 0 Å². The molecule has 1 aliphatic heterocycles. The van der Waals surface area contributed by atoms with Gasteiger partial charge in [-0.15, -0.1) is 0 Å². The minimum Gasteiger partial charge on any atom is -0.497 e. The van der Waals surface area contributed by atoms with Crippen LogP contribution < -0.4 is 9.64 Å². The van der Waals surface area contributed by atoms with Gasteiger partial charge in [-0.25, -0.2) is 5.01 Å². The fraction of sp³-hybridized carbons (Fsp3) is 0.200. The van der Waals surface area contributed by atoms with Crippen LogP contribution in [0, 0.1) is 0 Å². The molecule has 3 aromatic carbocycles. The summed E-state index contributed by atoms with van der Waals surface area (Å²) in [4.78, 5) is 15.2. The standard InChI is InChI=1S/C25H25N3O2/c1-27(21-11-7-4-8-12-21)18-25(29)28-24(20-9-5-3-6-10-20)17-23(26-28)19-13-15-22(30-2)16-14-19/h3-16,24H,17-18H2,1-2H3. The second kappa shape index (κ2) is 8.82. The largest absolute Gasteiger partial charge is 0.497 e. The molecule has 5 heteroatoms. The highest BCUT2D eigenvalue weighted by molar-refractivity contribution is 6.03. The number of anilines is 1. The van der Waals surface area contributed by atoms with Crippen molar-refractivity contribution in [3.05, 3.63) is 96.1 Å². The number of benzene rings is 3. The van der Waals surface area contributed by atoms with Gasteiger partial charge in [-0.05, 0) is 47.5 Å². The van der Waals surface area contributed by atoms with Crippen LogP contribution in [0.5, 0.6) is 5.75 Å². The van der Waals surface area contributed by atoms with E-state index in [-0.39, 0.29) is 18.5 Å². The lowest BCUT2D eigenvalue weighted by Crippen LogP contribution is -2.36. The van der Waals surface area contributed by atoms with E-state index >= 15 is 0 Å². The predicted molar refractivity (Wildman–Crippen MR) is 120 cm³/mol. The highest BCUT2D eigenvalue weighted by Crippen LogP contribution is 2.33. The molecule has 1 aliphatic rings. The number of carbonyl (C=O) groups is 1. The summed E-state index contributed by atoms with van der Waals surface area (Å²) in [6.07, 6.45) is 0.678. The molecule has 0 spiro atoms. The van der Waals surface area contributed by atoms with Gasteiger partial charge < -0.3 is 9.64 Å². The van der Waals surface area contributed by atoms with E-state index in [0.717, 1.165) is 28.3 Å². The lowest BCUT2D eigenvalue weighted by Gasteiger charge is -2.25. The van der Waals surface area contributed by atoms with Crippen LogP contribution in [0.4, 0.5) is 5.69 Å². The van der Waals surface area contributed by atoms with E-state index in [1.807, 2.05) is 84.7 Å². The van der Waals surface area contributed by atoms with Gasteiger partial charge in [0.2, 0.25) is 0 Å². The monoisotopic (exact) mass is 399 g/mol. The Morgan fingerprint density at radius 2 is 1.63 bits per heavy atom. The first-order chi connectivity index (χ1) is 14.7. The smallest absolute Gasteiger partial charge is 0.262 e. The number of likely N-dealkylation sites (N-methyl/N-ethyl adjacent to an activating group) is 1. The first kappa shape index (κ1) is 19.7. The summed E-state index contributed by atoms with van der Waals surface area (Å²) in [6, 6.07) is 27.7. The molecule has 0 fully saturated rings. The summed E-state index contributed by atoms with van der Waals surface area (Å²) in [6.45, 7) is 0.257. The molecule has 1 unspecified atom stereocenters. The molecule has 0 bridgehead atoms. The maximum absolute atomic E-state index is 13.2. The Labute approximate surface area is 177 Å². The number of hydrogen-bond acceptors (Lipinski definition) is 4. The van der Waals surface area contributed by atoms with Gasteiger partial charge in [-0.3, -0.25) is 4.79 Å². The molecule has 0 saturated heterocycles. The van der Waals surface area contributed by atoms with Crippen molar-refractivity contribution in [1.29, 1.82) is 0 Å². The van der Waals surface area contributed by atoms with Crippen LogP contribution in [-0.2, 0) is 4.79 Å². The van der Waals surface area contributed by atoms with Gasteiger partial charge in [-0.1, -0.05) is 48.5 Å². The number of carbonyl (C=O) groups excluding carboxylic acids is 1. The summed E-state index contributed by atoms with van der Waals surface area (Å²) < 4.78 is 5.26. The molecule has 152 valence electrons. The molecular formula is C25H25N3O2. The maximum Gasteiger partial charge on any atom is 0.262 e. The third-order valence-electron chi connectivity index (χ3n) is 5.34. The second-order valence-electron chi connectivity index (χ2n) is 7.34. The zero-order valence-corrected chi connectivity index (χ0v) is 17.2. The van der Waals surface area contributed by atoms with E-state index in [4.69, 9.17) is 9.84 Å². The molecule has 0 aliphatic carbocycles. The molecule has 30 heavy (non-hydrogen) atoms. The van der Waals surface area contributed by atoms with Crippen LogP contribution in [0.15, 0.2) is 90.0 Å². The fourth-order valence-corrected chi connectivity index (χ4v) is 3.68. The molecule has 1 atom stereocenters. The summed E-state index contributed by atoms with van der Waals surface area (Å²) in [7, 11) is 3.58. The third-order valence-corrected chi connectivity index (χ3v) is 5.34. The van der Waals surface area contributed by atoms with Crippen LogP contribution in [0.1, 0.15) is 23.6 Å². The van der Waals surface area contributed by atoms with Crippen molar-refractivity contribution in [3.63, 3.8) is 0 Å². The molecule has 3 aromatic rings. The summed E-state index contributed by atoms with van der Waals surface area (Å²) in [5.41, 5.74) is 3.99. The SMILES string of the molecule is COc1ccc(C2=NN(C(=O)CN(C)c3ccccc3)C(c3ccccc3)C2)cc1. The van der Waals surface area contributed by atoms with Gasteiger partial charge in [0, 0.05) is 19.2 Å². The van der Waals surface area contributed by atoms with E-state index in [1.165, 1.54) is 0 Å². The van der Waals surface area contributed by atoms with Crippen molar-refractivity contribution in [2.24, 2.45) is 5.10 Å². The van der Waals surface area contributed by atoms with Crippen molar-refractivity contribution in [3.8, 4) is 5.75 Å². The van der Waals surface area contributed by atoms with E-state index < -0.39 is 0 Å². The van der Waals surface area contributed by atoms with Crippen LogP contribution in [-0.4, -0.2) is 37.3 Å². The van der Waals surface area contributed by atoms with Crippen molar-refractivity contribution < 1.29 is 9.53 Å². The molecule has 0 saturated carbocycles. The van der Waals surface area contributed by atoms with E-state index in [0.29, 0.717) is 6.42 Å². The first-order valence-electron chi connectivity index (χ1n) is 10.0. The van der Waals surface area contributed by atoms with Crippen LogP contribution in [0.2, 0.25) is 0 Å². The van der Waals surface area contributed by atoms with Gasteiger partial charge in [-0.2, -0.15) is 5.10 Å². The zero-order chi connectivity index (χ0) is 20.9. The molecule has 0 aromatic heterocycles. The van der Waals surface area contributed by atoms with Gasteiger partial charge in [0.25, 0.3) is 5.91 Å². The lowest BCUT2D eigenvalue weighted by atomic mass is 9.98. The Balaban J connectivity index is 1.60. The predicted octanol–water partition coefficient (Wildman–Crippen LogP) is 4.51. The number of methoxy groups -OCH3 is 1. The summed E-state index contributed by atoms with van der Waals surface area (Å²) in [5.74, 6) is 0.771. The minimum absolute atomic E-state index is 0.0290. The first-order valence-corrected chi connectivity index (χ1v) is 10.0. The second-order valence-corrected chi connectivity index (χ2v) is 7.34. The highest BCUT2D eigenvalue weighted by atomic mass is 16.5. The number of para-hydroxylation sites is 1. The van der Waals surface area contributed by atoms with Crippen LogP contribution in [0.25, 0.3) is 0 Å². The van der Waals surface area contributed by atoms with E-state index in [9.17, 15) is 4.79 Å². The topological polar surface area (TPSA) is 45.1 Å². The molecule has 1 amide bonds. The average Bonchev–Trinajstić information content (AvgIpc) is 3.26. The van der Waals surface area contributed by atoms with Gasteiger partial charge in [0.15, 0.2) is 0 Å². The number of nitrogens with zero attached hydrogens (tertiary/aromatic N) is 3. The van der Waals surface area contributed by atoms with Crippen molar-refractivity contribution in [2.45, 2.75) is 12.5 Å². The number of ether oxygens (including phenoxy) is 1. The quantitative estimate of drug-likeness (QED) is 0.613. The molecule has 4 rings (SSSR count). The molecule has 5 nitrogen and oxygen atoms in total. The minimum atomic E-state index is -0.111. The van der Waals surface area contributed by atoms with Crippen molar-refractivity contribution in [1.82, 2.24) is 5.01 Å². The van der Waals surface area contributed by atoms with Crippen LogP contribution >= 0.6 is 0 Å². The van der Waals surface area contributed by atoms with Gasteiger partial charge in [0.05, 0.1) is 25.4 Å². The Hall–Kier alpha value is -3.60. The average molecular weight is 399 g/mol. The van der Waals surface area contributed by atoms with Gasteiger partial charge >= 0.3 is 0 Å². The zero-order valence-electron chi connectivity index (χ0n) is 17.2. The normalized spacial score (nSPS) is 15.6. The Morgan fingerprint density at radius 3 is 2.27 bits per heavy atom. The van der Waals surface area contributed by atoms with Crippen molar-refractivity contribution in [2.75, 3.05) is 25.6 Å². The summed E-state index contributed by atoms with van der Waals surface area (Å²) in [5, 5.41) is 6.40. The maximum atomic E-state index is 13.2. The molecule has 0 radical (unpaired) electrons. The number of hydrogen-bond donors (Lipinski definition) is 0. The Bertz CT molecular complexity index is 1020.